The Balaban J connectivity index is 1.73. The van der Waals surface area contributed by atoms with Crippen molar-refractivity contribution in [3.8, 4) is 22.6 Å². The maximum absolute atomic E-state index is 13.1. The number of hydrogen-bond donors (Lipinski definition) is 2. The molecule has 3 aromatic carbocycles. The van der Waals surface area contributed by atoms with Crippen LogP contribution in [0, 0.1) is 0 Å². The highest BCUT2D eigenvalue weighted by atomic mass is 32.2. The Morgan fingerprint density at radius 2 is 1.58 bits per heavy atom. The van der Waals surface area contributed by atoms with Crippen molar-refractivity contribution in [2.75, 3.05) is 7.11 Å². The van der Waals surface area contributed by atoms with Gasteiger partial charge in [-0.3, -0.25) is 4.79 Å². The van der Waals surface area contributed by atoms with Gasteiger partial charge in [0.05, 0.1) is 7.11 Å². The second-order valence-corrected chi connectivity index (χ2v) is 9.88. The maximum atomic E-state index is 13.1. The summed E-state index contributed by atoms with van der Waals surface area (Å²) in [5, 5.41) is 5.43. The summed E-state index contributed by atoms with van der Waals surface area (Å²) in [5.74, 6) is -0.473. The number of nitrogens with one attached hydrogen (secondary N) is 2. The minimum absolute atomic E-state index is 0.0261. The van der Waals surface area contributed by atoms with Crippen LogP contribution in [0.4, 0.5) is 13.2 Å². The Morgan fingerprint density at radius 1 is 0.944 bits per heavy atom. The second-order valence-electron chi connectivity index (χ2n) is 7.93. The summed E-state index contributed by atoms with van der Waals surface area (Å²) in [6, 6.07) is 19.6. The number of thiocarbonyl (C=S) groups is 1. The first-order valence-corrected chi connectivity index (χ1v) is 12.2. The van der Waals surface area contributed by atoms with Crippen molar-refractivity contribution in [2.24, 2.45) is 0 Å². The van der Waals surface area contributed by atoms with Gasteiger partial charge in [-0.05, 0) is 58.7 Å². The highest BCUT2D eigenvalue weighted by molar-refractivity contribution is 7.88. The van der Waals surface area contributed by atoms with Crippen LogP contribution in [0.25, 0.3) is 11.1 Å². The molecule has 1 atom stereocenters. The molecule has 0 bridgehead atoms. The van der Waals surface area contributed by atoms with E-state index in [0.29, 0.717) is 11.3 Å². The van der Waals surface area contributed by atoms with E-state index < -0.39 is 32.8 Å². The third-order valence-corrected chi connectivity index (χ3v) is 6.74. The highest BCUT2D eigenvalue weighted by Gasteiger charge is 2.49. The van der Waals surface area contributed by atoms with E-state index in [0.717, 1.165) is 23.3 Å². The molecule has 1 aliphatic rings. The van der Waals surface area contributed by atoms with Crippen LogP contribution in [-0.2, 0) is 26.9 Å². The number of amides is 1. The second kappa shape index (κ2) is 9.43. The zero-order chi connectivity index (χ0) is 26.1. The predicted octanol–water partition coefficient (Wildman–Crippen LogP) is 4.03. The van der Waals surface area contributed by atoms with Crippen molar-refractivity contribution in [1.82, 2.24) is 10.6 Å². The van der Waals surface area contributed by atoms with E-state index in [1.54, 1.807) is 19.2 Å². The fraction of sp³-hybridized carbons (Fsp3) is 0.167. The molecule has 188 valence electrons. The molecule has 36 heavy (non-hydrogen) atoms. The minimum Gasteiger partial charge on any atom is -0.497 e. The van der Waals surface area contributed by atoms with Crippen molar-refractivity contribution in [1.29, 1.82) is 0 Å². The van der Waals surface area contributed by atoms with Gasteiger partial charge in [-0.25, -0.2) is 0 Å². The molecule has 1 unspecified atom stereocenters. The Labute approximate surface area is 210 Å². The number of methoxy groups -OCH3 is 1. The van der Waals surface area contributed by atoms with Crippen LogP contribution in [-0.4, -0.2) is 32.1 Å². The number of halogens is 3. The molecule has 1 amide bonds. The van der Waals surface area contributed by atoms with E-state index in [9.17, 15) is 26.4 Å². The van der Waals surface area contributed by atoms with Gasteiger partial charge in [0.15, 0.2) is 5.11 Å². The third kappa shape index (κ3) is 5.00. The Bertz CT molecular complexity index is 1440. The Hall–Kier alpha value is -3.64. The van der Waals surface area contributed by atoms with E-state index in [1.165, 1.54) is 12.1 Å². The van der Waals surface area contributed by atoms with Crippen LogP contribution in [0.1, 0.15) is 11.1 Å². The lowest BCUT2D eigenvalue weighted by molar-refractivity contribution is -0.124. The van der Waals surface area contributed by atoms with Crippen LogP contribution in [0.3, 0.4) is 0 Å². The number of alkyl halides is 3. The van der Waals surface area contributed by atoms with Gasteiger partial charge in [-0.15, -0.1) is 0 Å². The molecule has 0 radical (unpaired) electrons. The number of hydrogen-bond acceptors (Lipinski definition) is 6. The normalized spacial score (nSPS) is 17.9. The molecule has 1 fully saturated rings. The summed E-state index contributed by atoms with van der Waals surface area (Å²) in [5.41, 5.74) is -4.54. The van der Waals surface area contributed by atoms with E-state index in [-0.39, 0.29) is 17.1 Å². The molecule has 1 heterocycles. The molecule has 0 saturated carbocycles. The number of benzene rings is 3. The van der Waals surface area contributed by atoms with Gasteiger partial charge in [-0.1, -0.05) is 48.5 Å². The van der Waals surface area contributed by atoms with E-state index in [2.05, 4.69) is 14.8 Å². The number of rotatable bonds is 7. The average molecular weight is 537 g/mol. The highest BCUT2D eigenvalue weighted by Crippen LogP contribution is 2.34. The van der Waals surface area contributed by atoms with Crippen LogP contribution in [0.15, 0.2) is 72.8 Å². The van der Waals surface area contributed by atoms with Crippen molar-refractivity contribution in [3.63, 3.8) is 0 Å². The maximum Gasteiger partial charge on any atom is 0.534 e. The summed E-state index contributed by atoms with van der Waals surface area (Å²) in [4.78, 5) is 13.1. The van der Waals surface area contributed by atoms with Crippen molar-refractivity contribution in [2.45, 2.75) is 17.5 Å². The molecule has 7 nitrogen and oxygen atoms in total. The zero-order valence-corrected chi connectivity index (χ0v) is 20.3. The average Bonchev–Trinajstić information content (AvgIpc) is 3.12. The van der Waals surface area contributed by atoms with E-state index in [4.69, 9.17) is 17.0 Å². The van der Waals surface area contributed by atoms with Gasteiger partial charge in [0.2, 0.25) is 0 Å². The van der Waals surface area contributed by atoms with Crippen molar-refractivity contribution in [3.05, 3.63) is 83.9 Å². The topological polar surface area (TPSA) is 93.7 Å². The molecule has 0 aliphatic carbocycles. The zero-order valence-electron chi connectivity index (χ0n) is 18.6. The lowest BCUT2D eigenvalue weighted by Gasteiger charge is -2.28. The van der Waals surface area contributed by atoms with E-state index >= 15 is 0 Å². The SMILES string of the molecule is COc1cccc(-c2cccc(CC3(c4cccc(OS(=O)(=O)C(F)(F)F)c4)NC(=S)NC3=O)c2)c1. The smallest absolute Gasteiger partial charge is 0.497 e. The number of ether oxygens (including phenoxy) is 1. The standard InChI is InChI=1S/C24H19F3N2O5S2/c1-33-19-9-3-7-17(12-19)16-6-2-5-15(11-16)14-23(21(30)28-22(35)29-23)18-8-4-10-20(13-18)34-36(31,32)24(25,26)27/h2-13H,14H2,1H3,(H2,28,29,30,35). The van der Waals surface area contributed by atoms with Gasteiger partial charge >= 0.3 is 15.6 Å². The first-order valence-electron chi connectivity index (χ1n) is 10.4. The molecule has 3 aromatic rings. The van der Waals surface area contributed by atoms with Gasteiger partial charge in [0.1, 0.15) is 17.0 Å². The molecule has 1 saturated heterocycles. The first kappa shape index (κ1) is 25.5. The lowest BCUT2D eigenvalue weighted by atomic mass is 9.83. The summed E-state index contributed by atoms with van der Waals surface area (Å²) >= 11 is 5.13. The van der Waals surface area contributed by atoms with Crippen LogP contribution in [0.2, 0.25) is 0 Å². The number of carbonyl (C=O) groups is 1. The van der Waals surface area contributed by atoms with Crippen LogP contribution in [0.5, 0.6) is 11.5 Å². The summed E-state index contributed by atoms with van der Waals surface area (Å²) in [6.45, 7) is 0. The lowest BCUT2D eigenvalue weighted by Crippen LogP contribution is -2.45. The molecular formula is C24H19F3N2O5S2. The quantitative estimate of drug-likeness (QED) is 0.268. The molecule has 0 spiro atoms. The fourth-order valence-electron chi connectivity index (χ4n) is 3.88. The summed E-state index contributed by atoms with van der Waals surface area (Å²) < 4.78 is 70.9. The minimum atomic E-state index is -5.89. The third-order valence-electron chi connectivity index (χ3n) is 5.56. The van der Waals surface area contributed by atoms with E-state index in [1.807, 2.05) is 36.4 Å². The van der Waals surface area contributed by atoms with Crippen LogP contribution >= 0.6 is 12.2 Å². The molecule has 2 N–H and O–H groups in total. The molecule has 0 aromatic heterocycles. The predicted molar refractivity (Wildman–Crippen MR) is 130 cm³/mol. The molecule has 12 heteroatoms. The Morgan fingerprint density at radius 3 is 2.22 bits per heavy atom. The molecular weight excluding hydrogens is 517 g/mol. The Kier molecular flexibility index (Phi) is 6.67. The number of carbonyl (C=O) groups excluding carboxylic acids is 1. The fourth-order valence-corrected chi connectivity index (χ4v) is 4.60. The first-order chi connectivity index (χ1) is 16.9. The van der Waals surface area contributed by atoms with Gasteiger partial charge in [0.25, 0.3) is 5.91 Å². The molecule has 1 aliphatic heterocycles. The van der Waals surface area contributed by atoms with Gasteiger partial charge in [-0.2, -0.15) is 21.6 Å². The van der Waals surface area contributed by atoms with Crippen LogP contribution < -0.4 is 19.6 Å². The summed E-state index contributed by atoms with van der Waals surface area (Å²) in [7, 11) is -4.33. The summed E-state index contributed by atoms with van der Waals surface area (Å²) in [6.07, 6.45) is 0.0479. The monoisotopic (exact) mass is 536 g/mol. The largest absolute Gasteiger partial charge is 0.534 e. The molecule has 4 rings (SSSR count). The van der Waals surface area contributed by atoms with Crippen molar-refractivity contribution >= 4 is 33.4 Å². The van der Waals surface area contributed by atoms with Gasteiger partial charge in [0, 0.05) is 6.42 Å². The van der Waals surface area contributed by atoms with Crippen molar-refractivity contribution < 1.29 is 35.3 Å². The van der Waals surface area contributed by atoms with Gasteiger partial charge < -0.3 is 19.6 Å².